The van der Waals surface area contributed by atoms with Crippen LogP contribution in [0.5, 0.6) is 0 Å². The molecular weight excluding hydrogens is 464 g/mol. The molecule has 2 aromatic rings. The first kappa shape index (κ1) is 25.4. The summed E-state index contributed by atoms with van der Waals surface area (Å²) in [5.74, 6) is -0.960. The topological polar surface area (TPSA) is 92.8 Å². The van der Waals surface area contributed by atoms with Crippen LogP contribution in [0, 0.1) is 13.8 Å². The molecule has 0 aromatic heterocycles. The normalized spacial score (nSPS) is 17.3. The van der Waals surface area contributed by atoms with Gasteiger partial charge in [-0.25, -0.2) is 8.42 Å². The van der Waals surface area contributed by atoms with E-state index >= 15 is 0 Å². The van der Waals surface area contributed by atoms with Gasteiger partial charge >= 0.3 is 0 Å². The van der Waals surface area contributed by atoms with E-state index in [0.29, 0.717) is 12.3 Å². The maximum Gasteiger partial charge on any atom is 0.244 e. The Bertz CT molecular complexity index is 1200. The molecule has 0 radical (unpaired) electrons. The summed E-state index contributed by atoms with van der Waals surface area (Å²) in [7, 11) is -3.60. The Kier molecular flexibility index (Phi) is 7.91. The van der Waals surface area contributed by atoms with E-state index in [1.54, 1.807) is 12.1 Å². The molecule has 35 heavy (non-hydrogen) atoms. The molecule has 8 heteroatoms. The molecule has 2 amide bonds. The third-order valence-electron chi connectivity index (χ3n) is 7.03. The molecule has 1 unspecified atom stereocenters. The quantitative estimate of drug-likeness (QED) is 0.570. The van der Waals surface area contributed by atoms with Crippen LogP contribution >= 0.6 is 0 Å². The Labute approximate surface area is 207 Å². The molecule has 7 nitrogen and oxygen atoms in total. The van der Waals surface area contributed by atoms with Crippen molar-refractivity contribution in [2.24, 2.45) is 0 Å². The number of amides is 2. The fourth-order valence-electron chi connectivity index (χ4n) is 4.78. The summed E-state index contributed by atoms with van der Waals surface area (Å²) in [5, 5.41) is 2.89. The maximum absolute atomic E-state index is 13.1. The number of sulfone groups is 1. The molecule has 1 aliphatic carbocycles. The lowest BCUT2D eigenvalue weighted by atomic mass is 10.1. The average Bonchev–Trinajstić information content (AvgIpc) is 3.51. The number of carbonyl (C=O) groups is 2. The van der Waals surface area contributed by atoms with Gasteiger partial charge in [0.1, 0.15) is 0 Å². The summed E-state index contributed by atoms with van der Waals surface area (Å²) < 4.78 is 31.6. The molecule has 0 spiro atoms. The van der Waals surface area contributed by atoms with E-state index in [9.17, 15) is 18.0 Å². The standard InChI is InChI=1S/C27H34N2O5S/c1-19-6-3-10-25(20(19)2)28-26(30)18-29(17-23-9-5-14-34-23)27(31)13-15-35(32,33)24-12-11-21-7-4-8-22(21)16-24/h3,6,10-12,16,23H,4-5,7-9,13-15,17-18H2,1-2H3,(H,28,30). The van der Waals surface area contributed by atoms with E-state index < -0.39 is 9.84 Å². The van der Waals surface area contributed by atoms with Gasteiger partial charge in [-0.15, -0.1) is 0 Å². The van der Waals surface area contributed by atoms with Gasteiger partial charge in [0.2, 0.25) is 11.8 Å². The second kappa shape index (κ2) is 10.9. The van der Waals surface area contributed by atoms with Crippen LogP contribution < -0.4 is 5.32 Å². The van der Waals surface area contributed by atoms with Crippen LogP contribution in [0.25, 0.3) is 0 Å². The summed E-state index contributed by atoms with van der Waals surface area (Å²) in [5.41, 5.74) is 5.03. The molecule has 2 aliphatic rings. The van der Waals surface area contributed by atoms with Gasteiger partial charge in [-0.1, -0.05) is 18.2 Å². The fraction of sp³-hybridized carbons (Fsp3) is 0.481. The van der Waals surface area contributed by atoms with E-state index in [0.717, 1.165) is 48.8 Å². The Morgan fingerprint density at radius 3 is 2.66 bits per heavy atom. The van der Waals surface area contributed by atoms with Crippen LogP contribution in [0.2, 0.25) is 0 Å². The summed E-state index contributed by atoms with van der Waals surface area (Å²) >= 11 is 0. The van der Waals surface area contributed by atoms with Crippen molar-refractivity contribution >= 4 is 27.3 Å². The van der Waals surface area contributed by atoms with Crippen molar-refractivity contribution in [3.63, 3.8) is 0 Å². The van der Waals surface area contributed by atoms with Gasteiger partial charge in [0.15, 0.2) is 9.84 Å². The van der Waals surface area contributed by atoms with Crippen molar-refractivity contribution in [1.29, 1.82) is 0 Å². The molecule has 188 valence electrons. The molecule has 1 saturated heterocycles. The molecule has 0 bridgehead atoms. The van der Waals surface area contributed by atoms with Crippen LogP contribution in [0.1, 0.15) is 47.9 Å². The summed E-state index contributed by atoms with van der Waals surface area (Å²) in [6, 6.07) is 11.0. The van der Waals surface area contributed by atoms with Crippen LogP contribution in [-0.4, -0.2) is 56.7 Å². The monoisotopic (exact) mass is 498 g/mol. The lowest BCUT2D eigenvalue weighted by Gasteiger charge is -2.25. The number of anilines is 1. The highest BCUT2D eigenvalue weighted by Gasteiger charge is 2.27. The predicted octanol–water partition coefficient (Wildman–Crippen LogP) is 3.60. The number of hydrogen-bond acceptors (Lipinski definition) is 5. The summed E-state index contributed by atoms with van der Waals surface area (Å²) in [6.45, 7) is 4.67. The van der Waals surface area contributed by atoms with Gasteiger partial charge in [0.25, 0.3) is 0 Å². The Morgan fingerprint density at radius 1 is 1.09 bits per heavy atom. The minimum atomic E-state index is -3.60. The Morgan fingerprint density at radius 2 is 1.89 bits per heavy atom. The molecule has 1 heterocycles. The number of nitrogens with one attached hydrogen (secondary N) is 1. The van der Waals surface area contributed by atoms with Crippen LogP contribution in [0.4, 0.5) is 5.69 Å². The average molecular weight is 499 g/mol. The van der Waals surface area contributed by atoms with Crippen LogP contribution in [-0.2, 0) is 37.0 Å². The molecule has 1 N–H and O–H groups in total. The Hall–Kier alpha value is -2.71. The number of benzene rings is 2. The van der Waals surface area contributed by atoms with E-state index in [-0.39, 0.29) is 48.1 Å². The summed E-state index contributed by atoms with van der Waals surface area (Å²) in [6.07, 6.45) is 4.33. The SMILES string of the molecule is Cc1cccc(NC(=O)CN(CC2CCCO2)C(=O)CCS(=O)(=O)c2ccc3c(c2)CCC3)c1C. The largest absolute Gasteiger partial charge is 0.376 e. The highest BCUT2D eigenvalue weighted by molar-refractivity contribution is 7.91. The van der Waals surface area contributed by atoms with Gasteiger partial charge < -0.3 is 15.0 Å². The number of fused-ring (bicyclic) bond motifs is 1. The van der Waals surface area contributed by atoms with Crippen LogP contribution in [0.15, 0.2) is 41.3 Å². The van der Waals surface area contributed by atoms with Gasteiger partial charge in [-0.3, -0.25) is 9.59 Å². The van der Waals surface area contributed by atoms with Crippen molar-refractivity contribution in [2.45, 2.75) is 63.4 Å². The molecular formula is C27H34N2O5S. The fourth-order valence-corrected chi connectivity index (χ4v) is 6.05. The zero-order chi connectivity index (χ0) is 25.0. The lowest BCUT2D eigenvalue weighted by Crippen LogP contribution is -2.42. The van der Waals surface area contributed by atoms with Crippen molar-refractivity contribution in [3.05, 3.63) is 58.7 Å². The third-order valence-corrected chi connectivity index (χ3v) is 8.74. The number of nitrogens with zero attached hydrogens (tertiary/aromatic N) is 1. The van der Waals surface area contributed by atoms with Gasteiger partial charge in [-0.2, -0.15) is 0 Å². The maximum atomic E-state index is 13.1. The van der Waals surface area contributed by atoms with E-state index in [4.69, 9.17) is 4.74 Å². The Balaban J connectivity index is 1.42. The number of carbonyl (C=O) groups excluding carboxylic acids is 2. The number of hydrogen-bond donors (Lipinski definition) is 1. The minimum Gasteiger partial charge on any atom is -0.376 e. The van der Waals surface area contributed by atoms with E-state index in [1.807, 2.05) is 38.1 Å². The highest BCUT2D eigenvalue weighted by atomic mass is 32.2. The van der Waals surface area contributed by atoms with Crippen molar-refractivity contribution in [3.8, 4) is 0 Å². The molecule has 1 fully saturated rings. The molecule has 2 aromatic carbocycles. The van der Waals surface area contributed by atoms with Gasteiger partial charge in [-0.05, 0) is 86.4 Å². The van der Waals surface area contributed by atoms with Crippen molar-refractivity contribution in [1.82, 2.24) is 4.90 Å². The van der Waals surface area contributed by atoms with Gasteiger partial charge in [0.05, 0.1) is 23.3 Å². The van der Waals surface area contributed by atoms with Crippen LogP contribution in [0.3, 0.4) is 0 Å². The van der Waals surface area contributed by atoms with Crippen molar-refractivity contribution < 1.29 is 22.7 Å². The molecule has 4 rings (SSSR count). The molecule has 1 atom stereocenters. The highest BCUT2D eigenvalue weighted by Crippen LogP contribution is 2.25. The first-order chi connectivity index (χ1) is 16.7. The summed E-state index contributed by atoms with van der Waals surface area (Å²) in [4.78, 5) is 27.7. The second-order valence-electron chi connectivity index (χ2n) is 9.56. The minimum absolute atomic E-state index is 0.138. The second-order valence-corrected chi connectivity index (χ2v) is 11.7. The predicted molar refractivity (Wildman–Crippen MR) is 135 cm³/mol. The lowest BCUT2D eigenvalue weighted by molar-refractivity contribution is -0.135. The first-order valence-electron chi connectivity index (χ1n) is 12.3. The zero-order valence-electron chi connectivity index (χ0n) is 20.5. The van der Waals surface area contributed by atoms with E-state index in [1.165, 1.54) is 10.5 Å². The zero-order valence-corrected chi connectivity index (χ0v) is 21.3. The third kappa shape index (κ3) is 6.30. The molecule has 1 aliphatic heterocycles. The molecule has 0 saturated carbocycles. The van der Waals surface area contributed by atoms with Crippen molar-refractivity contribution in [2.75, 3.05) is 30.8 Å². The van der Waals surface area contributed by atoms with E-state index in [2.05, 4.69) is 5.32 Å². The number of aryl methyl sites for hydroxylation is 3. The number of rotatable bonds is 9. The first-order valence-corrected chi connectivity index (χ1v) is 14.0. The smallest absolute Gasteiger partial charge is 0.244 e. The number of ether oxygens (including phenoxy) is 1. The van der Waals surface area contributed by atoms with Gasteiger partial charge in [0, 0.05) is 25.3 Å².